The fourth-order valence-electron chi connectivity index (χ4n) is 0.691. The minimum Gasteiger partial charge on any atom is -0.382 e. The van der Waals surface area contributed by atoms with Crippen molar-refractivity contribution >= 4 is 5.82 Å². The summed E-state index contributed by atoms with van der Waals surface area (Å²) in [6.45, 7) is 2.40. The monoisotopic (exact) mass is 139 g/mol. The van der Waals surface area contributed by atoms with Crippen molar-refractivity contribution in [1.82, 2.24) is 9.78 Å². The molecule has 0 atom stereocenters. The van der Waals surface area contributed by atoms with Gasteiger partial charge in [0.1, 0.15) is 5.82 Å². The number of aryl methyl sites for hydroxylation is 1. The van der Waals surface area contributed by atoms with Crippen LogP contribution in [0.1, 0.15) is 6.92 Å². The van der Waals surface area contributed by atoms with Crippen LogP contribution in [0, 0.1) is 0 Å². The highest BCUT2D eigenvalue weighted by Crippen LogP contribution is 1.87. The number of anilines is 1. The molecular formula is C6H9N3O. The molecule has 0 saturated carbocycles. The van der Waals surface area contributed by atoms with Gasteiger partial charge in [0, 0.05) is 12.6 Å². The minimum atomic E-state index is -0.114. The summed E-state index contributed by atoms with van der Waals surface area (Å²) in [6.07, 6.45) is 0. The normalized spacial score (nSPS) is 9.70. The molecule has 0 bridgehead atoms. The lowest BCUT2D eigenvalue weighted by atomic mass is 10.5. The van der Waals surface area contributed by atoms with E-state index < -0.39 is 0 Å². The van der Waals surface area contributed by atoms with Gasteiger partial charge in [0.15, 0.2) is 0 Å². The van der Waals surface area contributed by atoms with Crippen molar-refractivity contribution in [2.24, 2.45) is 0 Å². The van der Waals surface area contributed by atoms with Crippen molar-refractivity contribution in [3.05, 3.63) is 22.5 Å². The maximum absolute atomic E-state index is 10.8. The largest absolute Gasteiger partial charge is 0.382 e. The molecule has 4 heteroatoms. The lowest BCUT2D eigenvalue weighted by Gasteiger charge is -1.98. The van der Waals surface area contributed by atoms with Gasteiger partial charge in [-0.2, -0.15) is 5.10 Å². The molecule has 10 heavy (non-hydrogen) atoms. The number of nitrogen functional groups attached to an aromatic ring is 1. The number of aromatic nitrogens is 2. The van der Waals surface area contributed by atoms with Gasteiger partial charge < -0.3 is 5.73 Å². The fraction of sp³-hybridized carbons (Fsp3) is 0.333. The van der Waals surface area contributed by atoms with Crippen molar-refractivity contribution in [3.63, 3.8) is 0 Å². The molecule has 54 valence electrons. The van der Waals surface area contributed by atoms with E-state index in [4.69, 9.17) is 5.73 Å². The number of hydrogen-bond acceptors (Lipinski definition) is 3. The maximum atomic E-state index is 10.8. The topological polar surface area (TPSA) is 60.9 Å². The van der Waals surface area contributed by atoms with Crippen LogP contribution in [0.5, 0.6) is 0 Å². The molecule has 0 aliphatic heterocycles. The summed E-state index contributed by atoms with van der Waals surface area (Å²) < 4.78 is 1.31. The highest BCUT2D eigenvalue weighted by Gasteiger charge is 1.92. The molecule has 1 rings (SSSR count). The molecule has 0 aliphatic carbocycles. The lowest BCUT2D eigenvalue weighted by molar-refractivity contribution is 0.620. The average Bonchev–Trinajstić information content (AvgIpc) is 1.94. The van der Waals surface area contributed by atoms with Crippen molar-refractivity contribution in [3.8, 4) is 0 Å². The van der Waals surface area contributed by atoms with Crippen LogP contribution in [0.4, 0.5) is 5.82 Å². The number of nitrogens with zero attached hydrogens (tertiary/aromatic N) is 2. The van der Waals surface area contributed by atoms with Crippen LogP contribution in [-0.2, 0) is 6.54 Å². The van der Waals surface area contributed by atoms with Gasteiger partial charge in [-0.25, -0.2) is 4.68 Å². The van der Waals surface area contributed by atoms with E-state index in [0.717, 1.165) is 0 Å². The quantitative estimate of drug-likeness (QED) is 0.588. The second kappa shape index (κ2) is 2.51. The molecule has 4 nitrogen and oxygen atoms in total. The Balaban J connectivity index is 3.22. The third-order valence-corrected chi connectivity index (χ3v) is 1.19. The van der Waals surface area contributed by atoms with Crippen LogP contribution in [0.25, 0.3) is 0 Å². The van der Waals surface area contributed by atoms with E-state index in [9.17, 15) is 4.79 Å². The smallest absolute Gasteiger partial charge is 0.266 e. The molecule has 1 heterocycles. The summed E-state index contributed by atoms with van der Waals surface area (Å²) in [6, 6.07) is 2.90. The summed E-state index contributed by atoms with van der Waals surface area (Å²) in [5.41, 5.74) is 5.22. The first-order valence-electron chi connectivity index (χ1n) is 3.07. The van der Waals surface area contributed by atoms with Gasteiger partial charge in [-0.05, 0) is 13.0 Å². The van der Waals surface area contributed by atoms with Crippen LogP contribution < -0.4 is 11.3 Å². The lowest BCUT2D eigenvalue weighted by Crippen LogP contribution is -2.21. The minimum absolute atomic E-state index is 0.114. The van der Waals surface area contributed by atoms with Crippen LogP contribution in [-0.4, -0.2) is 9.78 Å². The van der Waals surface area contributed by atoms with E-state index in [-0.39, 0.29) is 5.56 Å². The predicted octanol–water partition coefficient (Wildman–Crippen LogP) is -0.155. The molecule has 0 aliphatic rings. The number of hydrogen-bond donors (Lipinski definition) is 1. The van der Waals surface area contributed by atoms with E-state index in [1.807, 2.05) is 6.92 Å². The Morgan fingerprint density at radius 2 is 2.40 bits per heavy atom. The summed E-state index contributed by atoms with van der Waals surface area (Å²) in [4.78, 5) is 10.8. The summed E-state index contributed by atoms with van der Waals surface area (Å²) in [5.74, 6) is 0.376. The molecule has 1 aromatic heterocycles. The Morgan fingerprint density at radius 1 is 1.70 bits per heavy atom. The van der Waals surface area contributed by atoms with Crippen molar-refractivity contribution in [2.75, 3.05) is 5.73 Å². The van der Waals surface area contributed by atoms with Crippen molar-refractivity contribution < 1.29 is 0 Å². The first-order valence-corrected chi connectivity index (χ1v) is 3.07. The molecule has 0 aromatic carbocycles. The molecule has 0 saturated heterocycles. The molecule has 1 aromatic rings. The molecule has 0 fully saturated rings. The molecule has 0 radical (unpaired) electrons. The average molecular weight is 139 g/mol. The Kier molecular flexibility index (Phi) is 1.71. The zero-order valence-corrected chi connectivity index (χ0v) is 5.74. The number of rotatable bonds is 1. The standard InChI is InChI=1S/C6H9N3O/c1-2-9-6(10)4-3-5(7)8-9/h3-4H,2H2,1H3,(H2,7,8). The van der Waals surface area contributed by atoms with E-state index >= 15 is 0 Å². The number of nitrogens with two attached hydrogens (primary N) is 1. The van der Waals surface area contributed by atoms with Crippen LogP contribution in [0.2, 0.25) is 0 Å². The van der Waals surface area contributed by atoms with Gasteiger partial charge in [-0.3, -0.25) is 4.79 Å². The van der Waals surface area contributed by atoms with E-state index in [1.165, 1.54) is 16.8 Å². The fourth-order valence-corrected chi connectivity index (χ4v) is 0.691. The predicted molar refractivity (Wildman–Crippen MR) is 38.6 cm³/mol. The summed E-state index contributed by atoms with van der Waals surface area (Å²) in [7, 11) is 0. The molecule has 0 unspecified atom stereocenters. The van der Waals surface area contributed by atoms with Crippen LogP contribution in [0.15, 0.2) is 16.9 Å². The van der Waals surface area contributed by atoms with Gasteiger partial charge in [-0.1, -0.05) is 0 Å². The zero-order valence-electron chi connectivity index (χ0n) is 5.74. The summed E-state index contributed by atoms with van der Waals surface area (Å²) >= 11 is 0. The summed E-state index contributed by atoms with van der Waals surface area (Å²) in [5, 5.41) is 3.77. The Labute approximate surface area is 58.3 Å². The first kappa shape index (κ1) is 6.80. The van der Waals surface area contributed by atoms with Gasteiger partial charge >= 0.3 is 0 Å². The van der Waals surface area contributed by atoms with Crippen molar-refractivity contribution in [1.29, 1.82) is 0 Å². The highest BCUT2D eigenvalue weighted by molar-refractivity contribution is 5.23. The maximum Gasteiger partial charge on any atom is 0.266 e. The first-order chi connectivity index (χ1) is 4.74. The molecule has 2 N–H and O–H groups in total. The zero-order chi connectivity index (χ0) is 7.56. The molecular weight excluding hydrogens is 130 g/mol. The SMILES string of the molecule is CCn1nc(N)ccc1=O. The molecule has 0 spiro atoms. The van der Waals surface area contributed by atoms with Gasteiger partial charge in [-0.15, -0.1) is 0 Å². The molecule has 0 amide bonds. The van der Waals surface area contributed by atoms with Crippen LogP contribution in [0.3, 0.4) is 0 Å². The van der Waals surface area contributed by atoms with E-state index in [2.05, 4.69) is 5.10 Å². The van der Waals surface area contributed by atoms with Crippen LogP contribution >= 0.6 is 0 Å². The van der Waals surface area contributed by atoms with E-state index in [0.29, 0.717) is 12.4 Å². The highest BCUT2D eigenvalue weighted by atomic mass is 16.1. The third-order valence-electron chi connectivity index (χ3n) is 1.19. The Bertz CT molecular complexity index is 279. The Morgan fingerprint density at radius 3 is 2.90 bits per heavy atom. The second-order valence-electron chi connectivity index (χ2n) is 1.91. The second-order valence-corrected chi connectivity index (χ2v) is 1.91. The third kappa shape index (κ3) is 1.15. The van der Waals surface area contributed by atoms with Gasteiger partial charge in [0.05, 0.1) is 0 Å². The van der Waals surface area contributed by atoms with Gasteiger partial charge in [0.2, 0.25) is 0 Å². The van der Waals surface area contributed by atoms with Gasteiger partial charge in [0.25, 0.3) is 5.56 Å². The Hall–Kier alpha value is -1.32. The van der Waals surface area contributed by atoms with Crippen molar-refractivity contribution in [2.45, 2.75) is 13.5 Å². The van der Waals surface area contributed by atoms with E-state index in [1.54, 1.807) is 0 Å².